The summed E-state index contributed by atoms with van der Waals surface area (Å²) in [5.41, 5.74) is 7.38. The van der Waals surface area contributed by atoms with Gasteiger partial charge in [-0.2, -0.15) is 0 Å². The zero-order valence-corrected chi connectivity index (χ0v) is 11.2. The summed E-state index contributed by atoms with van der Waals surface area (Å²) in [6.45, 7) is 0. The first-order valence-corrected chi connectivity index (χ1v) is 6.75. The fourth-order valence-corrected chi connectivity index (χ4v) is 2.83. The summed E-state index contributed by atoms with van der Waals surface area (Å²) in [6.07, 6.45) is 0.928. The first-order chi connectivity index (χ1) is 7.25. The Morgan fingerprint density at radius 1 is 1.27 bits per heavy atom. The van der Waals surface area contributed by atoms with Crippen molar-refractivity contribution in [3.05, 3.63) is 55.8 Å². The van der Waals surface area contributed by atoms with Crippen molar-refractivity contribution in [1.29, 1.82) is 0 Å². The van der Waals surface area contributed by atoms with Gasteiger partial charge >= 0.3 is 0 Å². The Balaban J connectivity index is 2.11. The molecule has 2 N–H and O–H groups in total. The van der Waals surface area contributed by atoms with E-state index in [0.717, 1.165) is 6.42 Å². The van der Waals surface area contributed by atoms with Crippen LogP contribution in [-0.4, -0.2) is 0 Å². The third kappa shape index (κ3) is 3.03. The number of halogens is 1. The first kappa shape index (κ1) is 11.1. The van der Waals surface area contributed by atoms with Gasteiger partial charge in [0.05, 0.1) is 0 Å². The molecule has 0 amide bonds. The van der Waals surface area contributed by atoms with Crippen molar-refractivity contribution in [1.82, 2.24) is 0 Å². The number of hydrogen-bond donors (Lipinski definition) is 1. The number of nitrogens with two attached hydrogens (primary N) is 1. The summed E-state index contributed by atoms with van der Waals surface area (Å²) < 4.78 is 1.24. The molecule has 0 aliphatic carbocycles. The maximum absolute atomic E-state index is 6.16. The van der Waals surface area contributed by atoms with Crippen LogP contribution in [-0.2, 0) is 6.42 Å². The Labute approximate surface area is 107 Å². The maximum atomic E-state index is 6.16. The smallest absolute Gasteiger partial charge is 0.0344 e. The number of thiophene rings is 1. The SMILES string of the molecule is NC(Cc1cccs1)c1cccc(I)c1. The summed E-state index contributed by atoms with van der Waals surface area (Å²) in [7, 11) is 0. The van der Waals surface area contributed by atoms with Gasteiger partial charge in [0.25, 0.3) is 0 Å². The Bertz CT molecular complexity index is 425. The Hall–Kier alpha value is -0.390. The molecule has 0 aliphatic rings. The third-order valence-corrected chi connectivity index (χ3v) is 3.85. The van der Waals surface area contributed by atoms with E-state index in [1.54, 1.807) is 11.3 Å². The second-order valence-corrected chi connectivity index (χ2v) is 5.72. The number of rotatable bonds is 3. The predicted octanol–water partition coefficient (Wildman–Crippen LogP) is 3.60. The molecule has 0 saturated heterocycles. The fourth-order valence-electron chi connectivity index (χ4n) is 1.50. The van der Waals surface area contributed by atoms with Gasteiger partial charge in [0.1, 0.15) is 0 Å². The molecule has 2 rings (SSSR count). The quantitative estimate of drug-likeness (QED) is 0.856. The van der Waals surface area contributed by atoms with Crippen LogP contribution in [0.25, 0.3) is 0 Å². The van der Waals surface area contributed by atoms with Gasteiger partial charge in [0.2, 0.25) is 0 Å². The summed E-state index contributed by atoms with van der Waals surface area (Å²) in [6, 6.07) is 12.7. The van der Waals surface area contributed by atoms with Crippen molar-refractivity contribution < 1.29 is 0 Å². The Morgan fingerprint density at radius 2 is 2.13 bits per heavy atom. The van der Waals surface area contributed by atoms with Crippen LogP contribution in [0, 0.1) is 3.57 Å². The van der Waals surface area contributed by atoms with E-state index >= 15 is 0 Å². The van der Waals surface area contributed by atoms with Crippen LogP contribution in [0.1, 0.15) is 16.5 Å². The first-order valence-electron chi connectivity index (χ1n) is 4.79. The number of benzene rings is 1. The largest absolute Gasteiger partial charge is 0.324 e. The molecule has 0 bridgehead atoms. The highest BCUT2D eigenvalue weighted by Gasteiger charge is 2.07. The van der Waals surface area contributed by atoms with Gasteiger partial charge in [-0.1, -0.05) is 18.2 Å². The van der Waals surface area contributed by atoms with E-state index in [0.29, 0.717) is 0 Å². The van der Waals surface area contributed by atoms with E-state index in [1.807, 2.05) is 0 Å². The van der Waals surface area contributed by atoms with Gasteiger partial charge in [-0.3, -0.25) is 0 Å². The lowest BCUT2D eigenvalue weighted by Crippen LogP contribution is -2.12. The molecule has 3 heteroatoms. The van der Waals surface area contributed by atoms with Crippen LogP contribution in [0.5, 0.6) is 0 Å². The fraction of sp³-hybridized carbons (Fsp3) is 0.167. The molecule has 1 heterocycles. The van der Waals surface area contributed by atoms with E-state index in [4.69, 9.17) is 5.73 Å². The molecule has 0 fully saturated rings. The Morgan fingerprint density at radius 3 is 2.80 bits per heavy atom. The molecule has 78 valence electrons. The minimum absolute atomic E-state index is 0.110. The van der Waals surface area contributed by atoms with Crippen molar-refractivity contribution in [3.63, 3.8) is 0 Å². The van der Waals surface area contributed by atoms with E-state index in [-0.39, 0.29) is 6.04 Å². The highest BCUT2D eigenvalue weighted by Crippen LogP contribution is 2.20. The van der Waals surface area contributed by atoms with Crippen LogP contribution in [0.3, 0.4) is 0 Å². The molecule has 1 unspecified atom stereocenters. The van der Waals surface area contributed by atoms with Gasteiger partial charge in [0, 0.05) is 20.9 Å². The normalized spacial score (nSPS) is 12.7. The topological polar surface area (TPSA) is 26.0 Å². The molecular formula is C12H12INS. The minimum Gasteiger partial charge on any atom is -0.324 e. The molecule has 2 aromatic rings. The average molecular weight is 329 g/mol. The number of hydrogen-bond acceptors (Lipinski definition) is 2. The van der Waals surface area contributed by atoms with Gasteiger partial charge in [0.15, 0.2) is 0 Å². The molecule has 0 saturated carbocycles. The summed E-state index contributed by atoms with van der Waals surface area (Å²) in [5.74, 6) is 0. The van der Waals surface area contributed by atoms with Crippen LogP contribution >= 0.6 is 33.9 Å². The van der Waals surface area contributed by atoms with Crippen molar-refractivity contribution >= 4 is 33.9 Å². The van der Waals surface area contributed by atoms with Gasteiger partial charge in [-0.15, -0.1) is 11.3 Å². The lowest BCUT2D eigenvalue weighted by molar-refractivity contribution is 0.729. The summed E-state index contributed by atoms with van der Waals surface area (Å²) >= 11 is 4.08. The van der Waals surface area contributed by atoms with E-state index in [9.17, 15) is 0 Å². The lowest BCUT2D eigenvalue weighted by Gasteiger charge is -2.10. The molecular weight excluding hydrogens is 317 g/mol. The minimum atomic E-state index is 0.110. The van der Waals surface area contributed by atoms with Crippen molar-refractivity contribution in [2.45, 2.75) is 12.5 Å². The predicted molar refractivity (Wildman–Crippen MR) is 74.1 cm³/mol. The van der Waals surface area contributed by atoms with Gasteiger partial charge in [-0.25, -0.2) is 0 Å². The van der Waals surface area contributed by atoms with Gasteiger partial charge in [-0.05, 0) is 51.7 Å². The van der Waals surface area contributed by atoms with E-state index in [2.05, 4.69) is 64.4 Å². The maximum Gasteiger partial charge on any atom is 0.0344 e. The molecule has 0 aliphatic heterocycles. The summed E-state index contributed by atoms with van der Waals surface area (Å²) in [5, 5.41) is 2.09. The van der Waals surface area contributed by atoms with Gasteiger partial charge < -0.3 is 5.73 Å². The van der Waals surface area contributed by atoms with E-state index < -0.39 is 0 Å². The third-order valence-electron chi connectivity index (χ3n) is 2.28. The van der Waals surface area contributed by atoms with Crippen molar-refractivity contribution in [3.8, 4) is 0 Å². The molecule has 0 spiro atoms. The van der Waals surface area contributed by atoms with Crippen LogP contribution in [0.4, 0.5) is 0 Å². The molecule has 1 nitrogen and oxygen atoms in total. The highest BCUT2D eigenvalue weighted by molar-refractivity contribution is 14.1. The van der Waals surface area contributed by atoms with Crippen LogP contribution < -0.4 is 5.73 Å². The Kier molecular flexibility index (Phi) is 3.77. The molecule has 1 aromatic heterocycles. The zero-order valence-electron chi connectivity index (χ0n) is 8.19. The molecule has 1 atom stereocenters. The molecule has 1 aromatic carbocycles. The lowest BCUT2D eigenvalue weighted by atomic mass is 10.0. The van der Waals surface area contributed by atoms with Crippen LogP contribution in [0.2, 0.25) is 0 Å². The molecule has 0 radical (unpaired) electrons. The van der Waals surface area contributed by atoms with E-state index in [1.165, 1.54) is 14.0 Å². The second kappa shape index (κ2) is 5.09. The highest BCUT2D eigenvalue weighted by atomic mass is 127. The average Bonchev–Trinajstić information content (AvgIpc) is 2.70. The zero-order chi connectivity index (χ0) is 10.7. The van der Waals surface area contributed by atoms with Crippen LogP contribution in [0.15, 0.2) is 41.8 Å². The van der Waals surface area contributed by atoms with Crippen molar-refractivity contribution in [2.24, 2.45) is 5.73 Å². The molecule has 15 heavy (non-hydrogen) atoms. The monoisotopic (exact) mass is 329 g/mol. The second-order valence-electron chi connectivity index (χ2n) is 3.44. The standard InChI is InChI=1S/C12H12INS/c13-10-4-1-3-9(7-10)12(14)8-11-5-2-6-15-11/h1-7,12H,8,14H2. The summed E-state index contributed by atoms with van der Waals surface area (Å²) in [4.78, 5) is 1.35. The van der Waals surface area contributed by atoms with Crippen molar-refractivity contribution in [2.75, 3.05) is 0 Å².